The molecule has 104 valence electrons. The van der Waals surface area contributed by atoms with Gasteiger partial charge < -0.3 is 3.83 Å². The van der Waals surface area contributed by atoms with E-state index in [9.17, 15) is 0 Å². The molecule has 0 N–H and O–H groups in total. The largest absolute Gasteiger partial charge is 0.305 e. The second-order valence-electron chi connectivity index (χ2n) is 4.50. The number of halogens is 1. The number of benzene rings is 1. The molecule has 0 aliphatic rings. The highest BCUT2D eigenvalue weighted by atomic mass is 79.9. The van der Waals surface area contributed by atoms with Gasteiger partial charge in [-0.25, -0.2) is 0 Å². The second-order valence-corrected chi connectivity index (χ2v) is 4.88. The lowest BCUT2D eigenvalue weighted by Gasteiger charge is -2.11. The predicted molar refractivity (Wildman–Crippen MR) is 83.9 cm³/mol. The van der Waals surface area contributed by atoms with Crippen LogP contribution in [-0.4, -0.2) is 6.10 Å². The minimum Gasteiger partial charge on any atom is -0.305 e. The van der Waals surface area contributed by atoms with Crippen LogP contribution in [0.1, 0.15) is 58.8 Å². The van der Waals surface area contributed by atoms with Gasteiger partial charge in [-0.3, -0.25) is 0 Å². The van der Waals surface area contributed by atoms with Gasteiger partial charge in [0.15, 0.2) is 0 Å². The van der Waals surface area contributed by atoms with Gasteiger partial charge >= 0.3 is 0 Å². The molecule has 2 heteroatoms. The van der Waals surface area contributed by atoms with Gasteiger partial charge in [0, 0.05) is 0 Å². The molecular formula is C16H27BrO. The molecule has 0 aliphatic carbocycles. The normalized spacial score (nSPS) is 11.5. The molecule has 0 spiro atoms. The van der Waals surface area contributed by atoms with Crippen molar-refractivity contribution in [3.8, 4) is 0 Å². The van der Waals surface area contributed by atoms with Crippen LogP contribution in [-0.2, 0) is 3.83 Å². The van der Waals surface area contributed by atoms with Gasteiger partial charge in [0.1, 0.15) is 0 Å². The van der Waals surface area contributed by atoms with Gasteiger partial charge in [0.2, 0.25) is 0 Å². The number of unbranched alkanes of at least 4 members (excludes halogenated alkanes) is 3. The van der Waals surface area contributed by atoms with Crippen molar-refractivity contribution in [2.45, 2.75) is 64.9 Å². The van der Waals surface area contributed by atoms with E-state index in [-0.39, 0.29) is 0 Å². The molecular weight excluding hydrogens is 288 g/mol. The minimum atomic E-state index is 0.437. The van der Waals surface area contributed by atoms with Crippen molar-refractivity contribution in [1.29, 1.82) is 0 Å². The van der Waals surface area contributed by atoms with Crippen LogP contribution in [0, 0.1) is 0 Å². The van der Waals surface area contributed by atoms with Gasteiger partial charge in [0.25, 0.3) is 0 Å². The van der Waals surface area contributed by atoms with Crippen LogP contribution in [0.15, 0.2) is 36.4 Å². The summed E-state index contributed by atoms with van der Waals surface area (Å²) in [6.07, 6.45) is 9.37. The molecule has 0 aliphatic heterocycles. The first kappa shape index (κ1) is 17.7. The van der Waals surface area contributed by atoms with Crippen LogP contribution in [0.5, 0.6) is 0 Å². The van der Waals surface area contributed by atoms with Gasteiger partial charge in [-0.05, 0) is 12.8 Å². The minimum absolute atomic E-state index is 0.437. The smallest absolute Gasteiger partial charge is 0.0990 e. The van der Waals surface area contributed by atoms with Crippen LogP contribution in [0.2, 0.25) is 0 Å². The van der Waals surface area contributed by atoms with E-state index in [0.29, 0.717) is 6.10 Å². The van der Waals surface area contributed by atoms with E-state index >= 15 is 0 Å². The third-order valence-electron chi connectivity index (χ3n) is 2.78. The maximum absolute atomic E-state index is 5.18. The number of hydrogen-bond donors (Lipinski definition) is 0. The molecule has 0 radical (unpaired) electrons. The molecule has 0 saturated carbocycles. The van der Waals surface area contributed by atoms with E-state index in [1.807, 2.05) is 36.4 Å². The van der Waals surface area contributed by atoms with Crippen LogP contribution < -0.4 is 0 Å². The molecule has 1 atom stereocenters. The van der Waals surface area contributed by atoms with E-state index in [1.54, 1.807) is 0 Å². The molecule has 0 aromatic heterocycles. The summed E-state index contributed by atoms with van der Waals surface area (Å²) in [4.78, 5) is 0. The van der Waals surface area contributed by atoms with Crippen molar-refractivity contribution >= 4 is 16.3 Å². The maximum atomic E-state index is 5.18. The quantitative estimate of drug-likeness (QED) is 0.524. The molecule has 1 aromatic carbocycles. The van der Waals surface area contributed by atoms with Crippen molar-refractivity contribution in [3.05, 3.63) is 36.4 Å². The lowest BCUT2D eigenvalue weighted by atomic mass is 10.1. The average Bonchev–Trinajstić information content (AvgIpc) is 2.45. The average molecular weight is 315 g/mol. The van der Waals surface area contributed by atoms with Crippen molar-refractivity contribution in [2.75, 3.05) is 0 Å². The van der Waals surface area contributed by atoms with E-state index in [1.165, 1.54) is 44.9 Å². The highest BCUT2D eigenvalue weighted by Crippen LogP contribution is 2.14. The molecule has 1 nitrogen and oxygen atoms in total. The fourth-order valence-electron chi connectivity index (χ4n) is 1.74. The monoisotopic (exact) mass is 314 g/mol. The molecule has 0 amide bonds. The van der Waals surface area contributed by atoms with E-state index < -0.39 is 0 Å². The lowest BCUT2D eigenvalue weighted by Crippen LogP contribution is -2.06. The Kier molecular flexibility index (Phi) is 14.4. The summed E-state index contributed by atoms with van der Waals surface area (Å²) in [5.74, 6) is 0. The molecule has 0 saturated heterocycles. The Morgan fingerprint density at radius 2 is 1.33 bits per heavy atom. The summed E-state index contributed by atoms with van der Waals surface area (Å²) in [5, 5.41) is 0. The van der Waals surface area contributed by atoms with Crippen LogP contribution in [0.4, 0.5) is 0 Å². The first-order valence-corrected chi connectivity index (χ1v) is 7.77. The van der Waals surface area contributed by atoms with Crippen LogP contribution >= 0.6 is 16.3 Å². The zero-order chi connectivity index (χ0) is 13.5. The summed E-state index contributed by atoms with van der Waals surface area (Å²) in [6, 6.07) is 12.0. The standard InChI is InChI=1S/C10H21BrO.C6H6/c1-3-5-6-7-9-10(12-11)8-4-2;1-2-4-6-5-3-1/h10H,3-9H2,1-2H3;1-6H. The maximum Gasteiger partial charge on any atom is 0.0990 e. The third-order valence-corrected chi connectivity index (χ3v) is 3.31. The lowest BCUT2D eigenvalue weighted by molar-refractivity contribution is 0.224. The topological polar surface area (TPSA) is 9.23 Å². The van der Waals surface area contributed by atoms with Gasteiger partial charge in [-0.15, -0.1) is 0 Å². The zero-order valence-electron chi connectivity index (χ0n) is 11.8. The second kappa shape index (κ2) is 14.7. The molecule has 0 heterocycles. The van der Waals surface area contributed by atoms with Crippen molar-refractivity contribution in [2.24, 2.45) is 0 Å². The molecule has 0 bridgehead atoms. The summed E-state index contributed by atoms with van der Waals surface area (Å²) in [5.41, 5.74) is 0. The molecule has 1 unspecified atom stereocenters. The van der Waals surface area contributed by atoms with Gasteiger partial charge in [0.05, 0.1) is 22.4 Å². The third kappa shape index (κ3) is 12.1. The fraction of sp³-hybridized carbons (Fsp3) is 0.625. The summed E-state index contributed by atoms with van der Waals surface area (Å²) in [7, 11) is 0. The SMILES string of the molecule is CCCCCCC(CCC)OBr.c1ccccc1. The van der Waals surface area contributed by atoms with Crippen molar-refractivity contribution in [3.63, 3.8) is 0 Å². The van der Waals surface area contributed by atoms with Gasteiger partial charge in [-0.2, -0.15) is 0 Å². The Morgan fingerprint density at radius 1 is 0.778 bits per heavy atom. The first-order valence-electron chi connectivity index (χ1n) is 7.12. The first-order chi connectivity index (χ1) is 8.85. The van der Waals surface area contributed by atoms with E-state index in [4.69, 9.17) is 3.83 Å². The van der Waals surface area contributed by atoms with E-state index in [0.717, 1.165) is 0 Å². The molecule has 18 heavy (non-hydrogen) atoms. The Balaban J connectivity index is 0.000000397. The van der Waals surface area contributed by atoms with E-state index in [2.05, 4.69) is 30.1 Å². The van der Waals surface area contributed by atoms with Crippen LogP contribution in [0.25, 0.3) is 0 Å². The predicted octanol–water partition coefficient (Wildman–Crippen LogP) is 6.14. The molecule has 1 aromatic rings. The number of hydrogen-bond acceptors (Lipinski definition) is 1. The van der Waals surface area contributed by atoms with Crippen LogP contribution in [0.3, 0.4) is 0 Å². The van der Waals surface area contributed by atoms with Crippen molar-refractivity contribution < 1.29 is 3.83 Å². The highest BCUT2D eigenvalue weighted by Gasteiger charge is 2.05. The highest BCUT2D eigenvalue weighted by molar-refractivity contribution is 9.06. The Hall–Kier alpha value is -0.340. The Bertz CT molecular complexity index is 211. The summed E-state index contributed by atoms with van der Waals surface area (Å²) < 4.78 is 5.18. The fourth-order valence-corrected chi connectivity index (χ4v) is 2.11. The summed E-state index contributed by atoms with van der Waals surface area (Å²) in [6.45, 7) is 4.44. The number of rotatable bonds is 8. The van der Waals surface area contributed by atoms with Gasteiger partial charge in [-0.1, -0.05) is 82.3 Å². The molecule has 1 rings (SSSR count). The van der Waals surface area contributed by atoms with Crippen molar-refractivity contribution in [1.82, 2.24) is 0 Å². The summed E-state index contributed by atoms with van der Waals surface area (Å²) >= 11 is 3.09. The molecule has 0 fully saturated rings. The Labute approximate surface area is 121 Å². The zero-order valence-corrected chi connectivity index (χ0v) is 13.4. The Morgan fingerprint density at radius 3 is 1.72 bits per heavy atom.